The lowest BCUT2D eigenvalue weighted by Crippen LogP contribution is -2.34. The number of benzene rings is 2. The largest absolute Gasteiger partial charge is 0.492 e. The number of hydrogen-bond acceptors (Lipinski definition) is 5. The molecule has 26 heavy (non-hydrogen) atoms. The minimum Gasteiger partial charge on any atom is -0.492 e. The fourth-order valence-electron chi connectivity index (χ4n) is 2.04. The van der Waals surface area contributed by atoms with E-state index in [9.17, 15) is 9.59 Å². The van der Waals surface area contributed by atoms with Crippen LogP contribution in [-0.4, -0.2) is 43.6 Å². The molecule has 2 aromatic carbocycles. The highest BCUT2D eigenvalue weighted by molar-refractivity contribution is 6.30. The molecule has 0 atom stereocenters. The molecule has 0 aliphatic heterocycles. The van der Waals surface area contributed by atoms with Crippen molar-refractivity contribution in [3.63, 3.8) is 0 Å². The number of rotatable bonds is 7. The van der Waals surface area contributed by atoms with E-state index in [1.807, 2.05) is 6.92 Å². The quantitative estimate of drug-likeness (QED) is 0.593. The zero-order valence-corrected chi connectivity index (χ0v) is 15.5. The van der Waals surface area contributed by atoms with Crippen molar-refractivity contribution in [3.8, 4) is 5.75 Å². The van der Waals surface area contributed by atoms with E-state index >= 15 is 0 Å². The first-order chi connectivity index (χ1) is 12.4. The molecular weight excluding hydrogens is 356 g/mol. The lowest BCUT2D eigenvalue weighted by atomic mass is 10.1. The molecule has 0 aliphatic rings. The first kappa shape index (κ1) is 19.6. The standard InChI is InChI=1S/C19H21ClN2O4/c1-13-3-4-14(11-17(13)21)19(24)26-12-18(23)22(2)9-10-25-16-7-5-15(20)6-8-16/h3-8,11H,9-10,12,21H2,1-2H3. The number of ether oxygens (including phenoxy) is 2. The number of halogens is 1. The molecule has 0 unspecified atom stereocenters. The summed E-state index contributed by atoms with van der Waals surface area (Å²) >= 11 is 5.80. The molecule has 0 heterocycles. The van der Waals surface area contributed by atoms with Gasteiger partial charge in [0.1, 0.15) is 12.4 Å². The lowest BCUT2D eigenvalue weighted by molar-refractivity contribution is -0.133. The second kappa shape index (κ2) is 9.10. The molecular formula is C19H21ClN2O4. The van der Waals surface area contributed by atoms with Gasteiger partial charge in [-0.3, -0.25) is 4.79 Å². The minimum absolute atomic E-state index is 0.312. The number of nitrogens with zero attached hydrogens (tertiary/aromatic N) is 1. The van der Waals surface area contributed by atoms with Gasteiger partial charge in [0.2, 0.25) is 0 Å². The number of esters is 1. The third kappa shape index (κ3) is 5.67. The van der Waals surface area contributed by atoms with Gasteiger partial charge in [0, 0.05) is 17.8 Å². The number of amides is 1. The molecule has 0 aliphatic carbocycles. The Kier molecular flexibility index (Phi) is 6.86. The van der Waals surface area contributed by atoms with Gasteiger partial charge in [0.25, 0.3) is 5.91 Å². The van der Waals surface area contributed by atoms with Crippen LogP contribution in [0.3, 0.4) is 0 Å². The van der Waals surface area contributed by atoms with Gasteiger partial charge in [-0.25, -0.2) is 4.79 Å². The Hall–Kier alpha value is -2.73. The highest BCUT2D eigenvalue weighted by atomic mass is 35.5. The van der Waals surface area contributed by atoms with Crippen molar-refractivity contribution < 1.29 is 19.1 Å². The summed E-state index contributed by atoms with van der Waals surface area (Å²) in [5, 5.41) is 0.627. The maximum absolute atomic E-state index is 12.0. The van der Waals surface area contributed by atoms with E-state index in [-0.39, 0.29) is 12.5 Å². The first-order valence-electron chi connectivity index (χ1n) is 8.02. The Balaban J connectivity index is 1.74. The second-order valence-corrected chi connectivity index (χ2v) is 6.20. The maximum atomic E-state index is 12.0. The van der Waals surface area contributed by atoms with E-state index in [1.54, 1.807) is 43.4 Å². The van der Waals surface area contributed by atoms with Crippen LogP contribution in [-0.2, 0) is 9.53 Å². The fourth-order valence-corrected chi connectivity index (χ4v) is 2.17. The Bertz CT molecular complexity index is 778. The predicted molar refractivity (Wildman–Crippen MR) is 100 cm³/mol. The van der Waals surface area contributed by atoms with Crippen LogP contribution in [0, 0.1) is 6.92 Å². The van der Waals surface area contributed by atoms with Crippen LogP contribution in [0.5, 0.6) is 5.75 Å². The minimum atomic E-state index is -0.587. The molecule has 0 radical (unpaired) electrons. The zero-order valence-electron chi connectivity index (χ0n) is 14.7. The average Bonchev–Trinajstić information content (AvgIpc) is 2.63. The zero-order chi connectivity index (χ0) is 19.1. The summed E-state index contributed by atoms with van der Waals surface area (Å²) in [4.78, 5) is 25.5. The molecule has 2 aromatic rings. The topological polar surface area (TPSA) is 81.9 Å². The smallest absolute Gasteiger partial charge is 0.338 e. The molecule has 2 rings (SSSR count). The molecule has 138 valence electrons. The van der Waals surface area contributed by atoms with E-state index < -0.39 is 5.97 Å². The Morgan fingerprint density at radius 1 is 1.15 bits per heavy atom. The lowest BCUT2D eigenvalue weighted by Gasteiger charge is -2.17. The molecule has 0 bridgehead atoms. The molecule has 1 amide bonds. The molecule has 0 fully saturated rings. The molecule has 0 saturated heterocycles. The third-order valence-corrected chi connectivity index (χ3v) is 4.03. The summed E-state index contributed by atoms with van der Waals surface area (Å²) in [5.41, 5.74) is 7.46. The summed E-state index contributed by atoms with van der Waals surface area (Å²) in [6, 6.07) is 11.8. The number of anilines is 1. The summed E-state index contributed by atoms with van der Waals surface area (Å²) in [6.07, 6.45) is 0. The highest BCUT2D eigenvalue weighted by Gasteiger charge is 2.14. The van der Waals surface area contributed by atoms with Crippen molar-refractivity contribution in [1.29, 1.82) is 0 Å². The van der Waals surface area contributed by atoms with Gasteiger partial charge in [-0.15, -0.1) is 0 Å². The molecule has 6 nitrogen and oxygen atoms in total. The van der Waals surface area contributed by atoms with Crippen molar-refractivity contribution in [3.05, 3.63) is 58.6 Å². The SMILES string of the molecule is Cc1ccc(C(=O)OCC(=O)N(C)CCOc2ccc(Cl)cc2)cc1N. The van der Waals surface area contributed by atoms with Gasteiger partial charge in [-0.05, 0) is 48.9 Å². The monoisotopic (exact) mass is 376 g/mol. The third-order valence-electron chi connectivity index (χ3n) is 3.78. The van der Waals surface area contributed by atoms with Crippen LogP contribution in [0.1, 0.15) is 15.9 Å². The molecule has 0 aromatic heterocycles. The van der Waals surface area contributed by atoms with Gasteiger partial charge in [-0.1, -0.05) is 17.7 Å². The number of nitrogens with two attached hydrogens (primary N) is 1. The summed E-state index contributed by atoms with van der Waals surface area (Å²) in [7, 11) is 1.62. The molecule has 2 N–H and O–H groups in total. The van der Waals surface area contributed by atoms with Crippen LogP contribution in [0.15, 0.2) is 42.5 Å². The Morgan fingerprint density at radius 2 is 1.85 bits per heavy atom. The second-order valence-electron chi connectivity index (χ2n) is 5.77. The van der Waals surface area contributed by atoms with E-state index in [2.05, 4.69) is 0 Å². The fraction of sp³-hybridized carbons (Fsp3) is 0.263. The van der Waals surface area contributed by atoms with Crippen LogP contribution >= 0.6 is 11.6 Å². The van der Waals surface area contributed by atoms with Crippen LogP contribution < -0.4 is 10.5 Å². The van der Waals surface area contributed by atoms with Crippen LogP contribution in [0.25, 0.3) is 0 Å². The van der Waals surface area contributed by atoms with Crippen molar-refractivity contribution in [2.45, 2.75) is 6.92 Å². The van der Waals surface area contributed by atoms with Crippen LogP contribution in [0.4, 0.5) is 5.69 Å². The van der Waals surface area contributed by atoms with Crippen molar-refractivity contribution in [2.24, 2.45) is 0 Å². The number of carbonyl (C=O) groups is 2. The van der Waals surface area contributed by atoms with Crippen molar-refractivity contribution >= 4 is 29.2 Å². The Labute approximate surface area is 157 Å². The number of likely N-dealkylation sites (N-methyl/N-ethyl adjacent to an activating group) is 1. The van der Waals surface area contributed by atoms with E-state index in [0.717, 1.165) is 5.56 Å². The van der Waals surface area contributed by atoms with Gasteiger partial charge >= 0.3 is 5.97 Å². The average molecular weight is 377 g/mol. The highest BCUT2D eigenvalue weighted by Crippen LogP contribution is 2.15. The predicted octanol–water partition coefficient (Wildman–Crippen LogP) is 2.92. The van der Waals surface area contributed by atoms with E-state index in [0.29, 0.717) is 35.2 Å². The molecule has 0 saturated carbocycles. The van der Waals surface area contributed by atoms with Gasteiger partial charge in [-0.2, -0.15) is 0 Å². The maximum Gasteiger partial charge on any atom is 0.338 e. The van der Waals surface area contributed by atoms with E-state index in [4.69, 9.17) is 26.8 Å². The molecule has 0 spiro atoms. The number of hydrogen-bond donors (Lipinski definition) is 1. The normalized spacial score (nSPS) is 10.3. The number of carbonyl (C=O) groups excluding carboxylic acids is 2. The first-order valence-corrected chi connectivity index (χ1v) is 8.40. The van der Waals surface area contributed by atoms with Gasteiger partial charge < -0.3 is 20.1 Å². The summed E-state index contributed by atoms with van der Waals surface area (Å²) in [5.74, 6) is -0.243. The van der Waals surface area contributed by atoms with Gasteiger partial charge in [0.15, 0.2) is 6.61 Å². The summed E-state index contributed by atoms with van der Waals surface area (Å²) in [6.45, 7) is 2.17. The van der Waals surface area contributed by atoms with E-state index in [1.165, 1.54) is 11.0 Å². The number of aryl methyl sites for hydroxylation is 1. The van der Waals surface area contributed by atoms with Crippen molar-refractivity contribution in [1.82, 2.24) is 4.90 Å². The van der Waals surface area contributed by atoms with Gasteiger partial charge in [0.05, 0.1) is 12.1 Å². The number of nitrogen functional groups attached to an aromatic ring is 1. The summed E-state index contributed by atoms with van der Waals surface area (Å²) < 4.78 is 10.6. The Morgan fingerprint density at radius 3 is 2.50 bits per heavy atom. The van der Waals surface area contributed by atoms with Crippen LogP contribution in [0.2, 0.25) is 5.02 Å². The van der Waals surface area contributed by atoms with Crippen molar-refractivity contribution in [2.75, 3.05) is 32.5 Å². The molecule has 7 heteroatoms.